The summed E-state index contributed by atoms with van der Waals surface area (Å²) in [6, 6.07) is 21.6. The first-order valence-electron chi connectivity index (χ1n) is 11.2. The summed E-state index contributed by atoms with van der Waals surface area (Å²) >= 11 is 0. The van der Waals surface area contributed by atoms with E-state index in [2.05, 4.69) is 113 Å². The molecule has 4 aromatic carbocycles. The third kappa shape index (κ3) is 13.4. The number of fused-ring (bicyclic) bond motifs is 2. The van der Waals surface area contributed by atoms with Crippen LogP contribution in [0, 0.1) is 54.7 Å². The van der Waals surface area contributed by atoms with Crippen molar-refractivity contribution in [1.29, 1.82) is 0 Å². The number of hydrogen-bond donors (Lipinski definition) is 0. The Labute approximate surface area is 283 Å². The van der Waals surface area contributed by atoms with Gasteiger partial charge in [-0.05, 0) is 0 Å². The van der Waals surface area contributed by atoms with E-state index in [1.54, 1.807) is 0 Å². The minimum atomic E-state index is 0. The Kier molecular flexibility index (Phi) is 27.6. The van der Waals surface area contributed by atoms with Crippen LogP contribution in [0.4, 0.5) is 0 Å². The first kappa shape index (κ1) is 44.0. The van der Waals surface area contributed by atoms with E-state index in [-0.39, 0.29) is 92.1 Å². The van der Waals surface area contributed by atoms with Crippen LogP contribution in [-0.2, 0) is 52.4 Å². The van der Waals surface area contributed by atoms with Gasteiger partial charge < -0.3 is 39.7 Å². The molecule has 0 fully saturated rings. The molecule has 4 heteroatoms. The van der Waals surface area contributed by atoms with E-state index < -0.39 is 0 Å². The molecule has 0 unspecified atom stereocenters. The van der Waals surface area contributed by atoms with Gasteiger partial charge in [-0.15, -0.1) is 80.9 Å². The molecular formula is C34H38Cl2Zr2. The zero-order valence-corrected chi connectivity index (χ0v) is 29.8. The number of aryl methyl sites for hydroxylation is 4. The van der Waals surface area contributed by atoms with Crippen molar-refractivity contribution in [3.8, 4) is 0 Å². The molecule has 0 atom stereocenters. The van der Waals surface area contributed by atoms with Crippen molar-refractivity contribution in [2.75, 3.05) is 0 Å². The van der Waals surface area contributed by atoms with Crippen LogP contribution >= 0.6 is 0 Å². The molecule has 0 spiro atoms. The standard InChI is InChI=1S/2C11H11.2C5H5.2CH3.2ClH.2Zr/c2*1-8-4-3-5-10-7-6-9(2)11(8)10;2*1-2-4-5-3-1;;;;;;/h2*3-7H,1-2H3;2*1-3H,4H2;2*1H3;2*1H;;/q6*-1;;;2*+4/p-2. The Hall–Kier alpha value is -1.03. The van der Waals surface area contributed by atoms with Crippen molar-refractivity contribution in [2.45, 2.75) is 40.5 Å². The molecule has 4 aromatic rings. The van der Waals surface area contributed by atoms with E-state index in [4.69, 9.17) is 0 Å². The predicted molar refractivity (Wildman–Crippen MR) is 154 cm³/mol. The summed E-state index contributed by atoms with van der Waals surface area (Å²) in [5.74, 6) is 0. The summed E-state index contributed by atoms with van der Waals surface area (Å²) in [6.07, 6.45) is 20.0. The molecular weight excluding hydrogens is 662 g/mol. The van der Waals surface area contributed by atoms with Gasteiger partial charge in [0.1, 0.15) is 0 Å². The number of rotatable bonds is 0. The van der Waals surface area contributed by atoms with Crippen molar-refractivity contribution in [3.05, 3.63) is 146 Å². The second-order valence-electron chi connectivity index (χ2n) is 8.12. The van der Waals surface area contributed by atoms with Gasteiger partial charge in [-0.1, -0.05) is 39.8 Å². The Morgan fingerprint density at radius 1 is 0.605 bits per heavy atom. The fourth-order valence-electron chi connectivity index (χ4n) is 4.01. The van der Waals surface area contributed by atoms with Crippen molar-refractivity contribution in [3.63, 3.8) is 0 Å². The van der Waals surface area contributed by atoms with Crippen LogP contribution in [0.25, 0.3) is 21.5 Å². The normalized spacial score (nSPS) is 10.8. The van der Waals surface area contributed by atoms with Gasteiger partial charge in [0, 0.05) is 0 Å². The Morgan fingerprint density at radius 2 is 0.974 bits per heavy atom. The van der Waals surface area contributed by atoms with Gasteiger partial charge in [0.25, 0.3) is 0 Å². The summed E-state index contributed by atoms with van der Waals surface area (Å²) < 4.78 is 0. The number of hydrogen-bond acceptors (Lipinski definition) is 0. The predicted octanol–water partition coefficient (Wildman–Crippen LogP) is 3.87. The van der Waals surface area contributed by atoms with Crippen LogP contribution < -0.4 is 24.8 Å². The van der Waals surface area contributed by atoms with E-state index in [1.807, 2.05) is 24.3 Å². The van der Waals surface area contributed by atoms with Crippen molar-refractivity contribution in [1.82, 2.24) is 0 Å². The number of allylic oxidation sites excluding steroid dienone is 8. The zero-order valence-electron chi connectivity index (χ0n) is 23.4. The van der Waals surface area contributed by atoms with Crippen LogP contribution in [0.2, 0.25) is 0 Å². The smallest absolute Gasteiger partial charge is 1.00 e. The van der Waals surface area contributed by atoms with E-state index in [1.165, 1.54) is 43.8 Å². The first-order valence-corrected chi connectivity index (χ1v) is 11.2. The van der Waals surface area contributed by atoms with Crippen LogP contribution in [0.5, 0.6) is 0 Å². The van der Waals surface area contributed by atoms with Gasteiger partial charge in [0.05, 0.1) is 0 Å². The average Bonchev–Trinajstić information content (AvgIpc) is 3.60. The van der Waals surface area contributed by atoms with Gasteiger partial charge >= 0.3 is 52.4 Å². The van der Waals surface area contributed by atoms with E-state index in [0.717, 1.165) is 12.8 Å². The monoisotopic (exact) mass is 696 g/mol. The molecule has 0 radical (unpaired) electrons. The van der Waals surface area contributed by atoms with Crippen LogP contribution in [-0.4, -0.2) is 0 Å². The summed E-state index contributed by atoms with van der Waals surface area (Å²) in [6.45, 7) is 8.65. The maximum atomic E-state index is 2.99. The largest absolute Gasteiger partial charge is 4.00 e. The van der Waals surface area contributed by atoms with Gasteiger partial charge in [0.2, 0.25) is 0 Å². The van der Waals surface area contributed by atoms with Crippen LogP contribution in [0.15, 0.2) is 97.1 Å². The second kappa shape index (κ2) is 23.8. The maximum absolute atomic E-state index is 2.99. The Bertz CT molecular complexity index is 1150. The SMILES string of the molecule is Cc1cccc2cc[c-](C)c12.Cc1cccc2cc[c-](C)c12.[C-]1=CC=CC1.[C-]1=CC=CC1.[CH3-].[CH3-].[Cl-].[Cl-].[Zr+4].[Zr+4]. The van der Waals surface area contributed by atoms with E-state index in [9.17, 15) is 0 Å². The molecule has 6 rings (SSSR count). The first-order chi connectivity index (χ1) is 15.6. The van der Waals surface area contributed by atoms with E-state index >= 15 is 0 Å². The molecule has 0 nitrogen and oxygen atoms in total. The van der Waals surface area contributed by atoms with E-state index in [0.29, 0.717) is 0 Å². The summed E-state index contributed by atoms with van der Waals surface area (Å²) in [5, 5.41) is 5.57. The summed E-state index contributed by atoms with van der Waals surface area (Å²) in [5.41, 5.74) is 5.53. The molecule has 38 heavy (non-hydrogen) atoms. The molecule has 0 amide bonds. The average molecular weight is 700 g/mol. The minimum Gasteiger partial charge on any atom is -1.00 e. The molecule has 0 bridgehead atoms. The topological polar surface area (TPSA) is 0 Å². The van der Waals surface area contributed by atoms with Crippen molar-refractivity contribution in [2.24, 2.45) is 0 Å². The van der Waals surface area contributed by atoms with Gasteiger partial charge in [-0.25, -0.2) is 24.3 Å². The fraction of sp³-hybridized carbons (Fsp3) is 0.176. The molecule has 0 saturated heterocycles. The molecule has 0 heterocycles. The molecule has 0 N–H and O–H groups in total. The minimum absolute atomic E-state index is 0. The van der Waals surface area contributed by atoms with Gasteiger partial charge in [-0.2, -0.15) is 36.4 Å². The van der Waals surface area contributed by atoms with Crippen molar-refractivity contribution >= 4 is 21.5 Å². The fourth-order valence-corrected chi connectivity index (χ4v) is 4.01. The molecule has 0 saturated carbocycles. The number of benzene rings is 2. The molecule has 196 valence electrons. The zero-order chi connectivity index (χ0) is 22.8. The van der Waals surface area contributed by atoms with Crippen LogP contribution in [0.1, 0.15) is 35.1 Å². The van der Waals surface area contributed by atoms with Gasteiger partial charge in [-0.3, -0.25) is 12.2 Å². The Morgan fingerprint density at radius 3 is 1.21 bits per heavy atom. The quantitative estimate of drug-likeness (QED) is 0.245. The third-order valence-corrected chi connectivity index (χ3v) is 5.60. The molecule has 0 aromatic heterocycles. The molecule has 0 aliphatic heterocycles. The number of halogens is 2. The third-order valence-electron chi connectivity index (χ3n) is 5.60. The van der Waals surface area contributed by atoms with Crippen LogP contribution in [0.3, 0.4) is 0 Å². The summed E-state index contributed by atoms with van der Waals surface area (Å²) in [4.78, 5) is 0. The molecule has 2 aliphatic carbocycles. The van der Waals surface area contributed by atoms with Gasteiger partial charge in [0.15, 0.2) is 0 Å². The maximum Gasteiger partial charge on any atom is 4.00 e. The van der Waals surface area contributed by atoms with Crippen molar-refractivity contribution < 1.29 is 77.2 Å². The Balaban J connectivity index is -0.000000203. The molecule has 2 aliphatic rings. The second-order valence-corrected chi connectivity index (χ2v) is 8.12. The summed E-state index contributed by atoms with van der Waals surface area (Å²) in [7, 11) is 0.